The van der Waals surface area contributed by atoms with Gasteiger partial charge in [-0.1, -0.05) is 99.1 Å². The molecule has 0 radical (unpaired) electrons. The zero-order valence-electron chi connectivity index (χ0n) is 38.5. The lowest BCUT2D eigenvalue weighted by atomic mass is 9.62. The third kappa shape index (κ3) is 11.4. The average Bonchev–Trinajstić information content (AvgIpc) is 3.41. The molecule has 0 aromatic carbocycles. The first-order valence-electron chi connectivity index (χ1n) is 22.0. The van der Waals surface area contributed by atoms with E-state index in [4.69, 9.17) is 18.0 Å². The first-order chi connectivity index (χ1) is 24.7. The van der Waals surface area contributed by atoms with E-state index in [1.165, 1.54) is 24.8 Å². The second-order valence-corrected chi connectivity index (χ2v) is 35.7. The summed E-state index contributed by atoms with van der Waals surface area (Å²) in [6.45, 7) is 43.9. The summed E-state index contributed by atoms with van der Waals surface area (Å²) in [5.74, 6) is 0.870. The minimum Gasteiger partial charge on any atom is -0.462 e. The van der Waals surface area contributed by atoms with E-state index in [0.29, 0.717) is 18.3 Å². The van der Waals surface area contributed by atoms with Crippen molar-refractivity contribution in [2.24, 2.45) is 17.3 Å². The van der Waals surface area contributed by atoms with E-state index in [-0.39, 0.29) is 45.4 Å². The van der Waals surface area contributed by atoms with Crippen LogP contribution in [0.25, 0.3) is 0 Å². The van der Waals surface area contributed by atoms with E-state index in [0.717, 1.165) is 62.2 Å². The summed E-state index contributed by atoms with van der Waals surface area (Å²) in [6, 6.07) is 3.44. The number of allylic oxidation sites excluding steroid dienone is 3. The summed E-state index contributed by atoms with van der Waals surface area (Å²) < 4.78 is 27.3. The molecule has 0 N–H and O–H groups in total. The molecule has 5 nitrogen and oxygen atoms in total. The van der Waals surface area contributed by atoms with E-state index in [1.807, 2.05) is 0 Å². The Hall–Kier alpha value is -0.779. The summed E-state index contributed by atoms with van der Waals surface area (Å²) in [7, 11) is -5.74. The molecule has 0 saturated heterocycles. The molecule has 0 unspecified atom stereocenters. The van der Waals surface area contributed by atoms with Crippen molar-refractivity contribution in [1.29, 1.82) is 0 Å². The minimum atomic E-state index is -2.02. The molecule has 0 amide bonds. The van der Waals surface area contributed by atoms with Gasteiger partial charge in [-0.3, -0.25) is 4.79 Å². The molecule has 312 valence electrons. The summed E-state index contributed by atoms with van der Waals surface area (Å²) >= 11 is 0. The Labute approximate surface area is 337 Å². The van der Waals surface area contributed by atoms with Crippen molar-refractivity contribution in [2.45, 2.75) is 233 Å². The average molecular weight is 803 g/mol. The van der Waals surface area contributed by atoms with Crippen LogP contribution in [0.15, 0.2) is 35.5 Å². The molecule has 3 saturated carbocycles. The number of hydrogen-bond donors (Lipinski definition) is 0. The first-order valence-corrected chi connectivity index (χ1v) is 30.3. The lowest BCUT2D eigenvalue weighted by Crippen LogP contribution is -2.49. The Bertz CT molecular complexity index is 1290. The smallest absolute Gasteiger partial charge is 0.306 e. The van der Waals surface area contributed by atoms with Crippen molar-refractivity contribution >= 4 is 30.9 Å². The molecule has 6 atom stereocenters. The van der Waals surface area contributed by atoms with Crippen LogP contribution in [-0.2, 0) is 22.8 Å². The van der Waals surface area contributed by atoms with Gasteiger partial charge in [0.2, 0.25) is 0 Å². The number of esters is 1. The second kappa shape index (κ2) is 18.0. The molecule has 3 aliphatic rings. The van der Waals surface area contributed by atoms with Crippen LogP contribution in [0.1, 0.15) is 154 Å². The Morgan fingerprint density at radius 2 is 1.39 bits per heavy atom. The van der Waals surface area contributed by atoms with Gasteiger partial charge in [0.05, 0.1) is 17.8 Å². The highest BCUT2D eigenvalue weighted by Gasteiger charge is 2.52. The molecule has 3 rings (SSSR count). The van der Waals surface area contributed by atoms with Gasteiger partial charge in [0, 0.05) is 12.3 Å². The van der Waals surface area contributed by atoms with Gasteiger partial charge in [0.15, 0.2) is 25.0 Å². The Morgan fingerprint density at radius 1 is 0.870 bits per heavy atom. The van der Waals surface area contributed by atoms with Crippen molar-refractivity contribution in [2.75, 3.05) is 0 Å². The van der Waals surface area contributed by atoms with Gasteiger partial charge in [-0.25, -0.2) is 0 Å². The van der Waals surface area contributed by atoms with Gasteiger partial charge in [0.1, 0.15) is 6.10 Å². The largest absolute Gasteiger partial charge is 0.462 e. The predicted molar refractivity (Wildman–Crippen MR) is 239 cm³/mol. The van der Waals surface area contributed by atoms with Gasteiger partial charge in [0.25, 0.3) is 0 Å². The number of carbonyl (C=O) groups excluding carboxylic acids is 1. The van der Waals surface area contributed by atoms with Gasteiger partial charge in [-0.2, -0.15) is 0 Å². The van der Waals surface area contributed by atoms with Crippen molar-refractivity contribution in [1.82, 2.24) is 0 Å². The summed E-state index contributed by atoms with van der Waals surface area (Å²) in [5, 5.41) is 0.253. The zero-order chi connectivity index (χ0) is 41.1. The molecule has 3 aliphatic carbocycles. The van der Waals surface area contributed by atoms with Crippen LogP contribution in [0.5, 0.6) is 0 Å². The number of fused-ring (bicyclic) bond motifs is 1. The van der Waals surface area contributed by atoms with Crippen LogP contribution in [-0.4, -0.2) is 54.8 Å². The maximum Gasteiger partial charge on any atom is 0.306 e. The monoisotopic (exact) mass is 803 g/mol. The fraction of sp³-hybridized carbons (Fsp3) is 0.848. The van der Waals surface area contributed by atoms with Crippen LogP contribution in [0.2, 0.25) is 54.4 Å². The maximum absolute atomic E-state index is 13.2. The number of carbonyl (C=O) groups is 1. The summed E-state index contributed by atoms with van der Waals surface area (Å²) in [5.41, 5.74) is 4.09. The quantitative estimate of drug-likeness (QED) is 0.0884. The third-order valence-corrected chi connectivity index (χ3v) is 29.1. The standard InChI is InChI=1S/C46H86O5Si3/c1-19-54(20-2,21-3)51-45(12,13)30-23-25-42(47)48-35(5)38-28-29-39-37(24-22-31-46(38,39)14)27-26-36-32-40(49-52(15,16)43(6,7)8)34(4)41(33-36)50-53(17,18)44(9,10)11/h26-27,35,38-41H,4,19-25,28-33H2,1-3,5-18H3/t35-,38+,39-,40+,41+,46+/m0/s1. The maximum atomic E-state index is 13.2. The molecule has 0 aliphatic heterocycles. The van der Waals surface area contributed by atoms with E-state index in [1.54, 1.807) is 5.57 Å². The fourth-order valence-corrected chi connectivity index (χ4v) is 15.2. The topological polar surface area (TPSA) is 54.0 Å². The fourth-order valence-electron chi connectivity index (χ4n) is 9.35. The van der Waals surface area contributed by atoms with E-state index < -0.39 is 25.0 Å². The second-order valence-electron chi connectivity index (χ2n) is 21.5. The molecular weight excluding hydrogens is 717 g/mol. The van der Waals surface area contributed by atoms with E-state index in [2.05, 4.69) is 135 Å². The SMILES string of the molecule is C=C1[C@H](O[Si](C)(C)C(C)(C)C)CC(=CC=C2CCC[C@]3(C)[C@@H]([C@H](C)OC(=O)CCCC(C)(C)O[Si](CC)(CC)CC)CC[C@@H]23)C[C@H]1O[Si](C)(C)C(C)(C)C. The molecule has 8 heteroatoms. The highest BCUT2D eigenvalue weighted by Crippen LogP contribution is 2.59. The van der Waals surface area contributed by atoms with Gasteiger partial charge in [-0.05, 0) is 150 Å². The molecule has 54 heavy (non-hydrogen) atoms. The van der Waals surface area contributed by atoms with Crippen molar-refractivity contribution in [3.63, 3.8) is 0 Å². The molecule has 0 aromatic heterocycles. The highest BCUT2D eigenvalue weighted by atomic mass is 28.4. The van der Waals surface area contributed by atoms with Crippen molar-refractivity contribution < 1.29 is 22.8 Å². The lowest BCUT2D eigenvalue weighted by molar-refractivity contribution is -0.153. The van der Waals surface area contributed by atoms with Crippen LogP contribution in [0.4, 0.5) is 0 Å². The molecule has 3 fully saturated rings. The Kier molecular flexibility index (Phi) is 15.9. The summed E-state index contributed by atoms with van der Waals surface area (Å²) in [4.78, 5) is 13.2. The van der Waals surface area contributed by atoms with Crippen molar-refractivity contribution in [3.05, 3.63) is 35.5 Å². The van der Waals surface area contributed by atoms with Gasteiger partial charge in [-0.15, -0.1) is 0 Å². The van der Waals surface area contributed by atoms with Gasteiger partial charge >= 0.3 is 5.97 Å². The Morgan fingerprint density at radius 3 is 1.87 bits per heavy atom. The number of rotatable bonds is 16. The molecule has 0 heterocycles. The summed E-state index contributed by atoms with van der Waals surface area (Å²) in [6.07, 6.45) is 14.6. The zero-order valence-corrected chi connectivity index (χ0v) is 41.5. The molecule has 0 spiro atoms. The predicted octanol–water partition coefficient (Wildman–Crippen LogP) is 14.1. The van der Waals surface area contributed by atoms with E-state index >= 15 is 0 Å². The molecule has 0 aromatic rings. The molecule has 0 bridgehead atoms. The van der Waals surface area contributed by atoms with Gasteiger partial charge < -0.3 is 18.0 Å². The molecular formula is C46H86O5Si3. The van der Waals surface area contributed by atoms with Crippen LogP contribution in [0, 0.1) is 17.3 Å². The van der Waals surface area contributed by atoms with Crippen LogP contribution < -0.4 is 0 Å². The minimum absolute atomic E-state index is 0.0138. The lowest BCUT2D eigenvalue weighted by Gasteiger charge is -2.46. The first kappa shape index (κ1) is 47.6. The highest BCUT2D eigenvalue weighted by molar-refractivity contribution is 6.74. The number of hydrogen-bond acceptors (Lipinski definition) is 5. The van der Waals surface area contributed by atoms with Crippen LogP contribution >= 0.6 is 0 Å². The Balaban J connectivity index is 1.74. The van der Waals surface area contributed by atoms with Crippen molar-refractivity contribution in [3.8, 4) is 0 Å². The normalized spacial score (nSPS) is 27.6. The van der Waals surface area contributed by atoms with E-state index in [9.17, 15) is 4.79 Å². The van der Waals surface area contributed by atoms with Crippen LogP contribution in [0.3, 0.4) is 0 Å². The number of ether oxygens (including phenoxy) is 1. The third-order valence-electron chi connectivity index (χ3n) is 15.2.